The average Bonchev–Trinajstić information content (AvgIpc) is 2.86. The van der Waals surface area contributed by atoms with Crippen LogP contribution in [-0.2, 0) is 0 Å². The van der Waals surface area contributed by atoms with Gasteiger partial charge in [0.2, 0.25) is 0 Å². The monoisotopic (exact) mass is 242 g/mol. The number of nitrogens with zero attached hydrogens (tertiary/aromatic N) is 1. The maximum atomic E-state index is 4.65. The largest absolute Gasteiger partial charge is 0.248 e. The van der Waals surface area contributed by atoms with Gasteiger partial charge in [-0.3, -0.25) is 0 Å². The first-order valence-electron chi connectivity index (χ1n) is 6.42. The molecule has 4 rings (SSSR count). The van der Waals surface area contributed by atoms with Crippen LogP contribution in [0.3, 0.4) is 0 Å². The van der Waals surface area contributed by atoms with Crippen LogP contribution in [0.15, 0.2) is 72.8 Å². The summed E-state index contributed by atoms with van der Waals surface area (Å²) in [5.74, 6) is 0. The average molecular weight is 242 g/mol. The molecule has 1 nitrogen and oxygen atoms in total. The van der Waals surface area contributed by atoms with E-state index in [0.29, 0.717) is 0 Å². The molecule has 0 fully saturated rings. The van der Waals surface area contributed by atoms with Crippen LogP contribution in [0.2, 0.25) is 0 Å². The molecular weight excluding hydrogens is 230 g/mol. The fourth-order valence-electron chi connectivity index (χ4n) is 2.59. The van der Waals surface area contributed by atoms with Crippen LogP contribution in [0.25, 0.3) is 22.3 Å². The van der Waals surface area contributed by atoms with Crippen molar-refractivity contribution in [2.45, 2.75) is 0 Å². The van der Waals surface area contributed by atoms with Crippen molar-refractivity contribution in [2.24, 2.45) is 0 Å². The van der Waals surface area contributed by atoms with Gasteiger partial charge in [-0.1, -0.05) is 54.6 Å². The first kappa shape index (κ1) is 10.4. The topological polar surface area (TPSA) is 14.1 Å². The number of hydrogen-bond acceptors (Lipinski definition) is 0. The number of fused-ring (bicyclic) bond motifs is 3. The molecule has 1 radical (unpaired) electrons. The SMILES string of the molecule is c1ccc(-c2ccc3c(c2)-c2ccccc2[N]3)cc1. The van der Waals surface area contributed by atoms with Gasteiger partial charge < -0.3 is 0 Å². The summed E-state index contributed by atoms with van der Waals surface area (Å²) in [6.45, 7) is 0. The molecule has 0 N–H and O–H groups in total. The molecule has 0 aromatic heterocycles. The van der Waals surface area contributed by atoms with Crippen LogP contribution < -0.4 is 5.32 Å². The van der Waals surface area contributed by atoms with E-state index >= 15 is 0 Å². The standard InChI is InChI=1S/C18H12N/c1-2-6-13(7-3-1)14-10-11-18-16(12-14)15-8-4-5-9-17(15)19-18/h1-12H. The summed E-state index contributed by atoms with van der Waals surface area (Å²) in [4.78, 5) is 0. The summed E-state index contributed by atoms with van der Waals surface area (Å²) in [6, 6.07) is 25.3. The van der Waals surface area contributed by atoms with Gasteiger partial charge in [-0.15, -0.1) is 0 Å². The minimum atomic E-state index is 1.07. The van der Waals surface area contributed by atoms with Crippen LogP contribution in [-0.4, -0.2) is 0 Å². The third-order valence-electron chi connectivity index (χ3n) is 3.54. The Morgan fingerprint density at radius 3 is 2.16 bits per heavy atom. The molecule has 0 amide bonds. The van der Waals surface area contributed by atoms with Gasteiger partial charge in [-0.2, -0.15) is 0 Å². The highest BCUT2D eigenvalue weighted by molar-refractivity contribution is 5.92. The molecule has 0 unspecified atom stereocenters. The van der Waals surface area contributed by atoms with Crippen molar-refractivity contribution in [3.05, 3.63) is 72.8 Å². The lowest BCUT2D eigenvalue weighted by Crippen LogP contribution is -1.82. The van der Waals surface area contributed by atoms with Crippen LogP contribution in [0.5, 0.6) is 0 Å². The highest BCUT2D eigenvalue weighted by Crippen LogP contribution is 2.43. The second-order valence-electron chi connectivity index (χ2n) is 4.73. The van der Waals surface area contributed by atoms with E-state index in [1.54, 1.807) is 0 Å². The normalized spacial score (nSPS) is 11.6. The zero-order valence-corrected chi connectivity index (χ0v) is 10.4. The number of benzene rings is 3. The highest BCUT2D eigenvalue weighted by atomic mass is 14.9. The van der Waals surface area contributed by atoms with Gasteiger partial charge in [0.15, 0.2) is 0 Å². The zero-order chi connectivity index (χ0) is 12.7. The third-order valence-corrected chi connectivity index (χ3v) is 3.54. The maximum absolute atomic E-state index is 4.65. The van der Waals surface area contributed by atoms with Crippen molar-refractivity contribution in [3.8, 4) is 22.3 Å². The molecule has 1 heteroatoms. The van der Waals surface area contributed by atoms with E-state index in [4.69, 9.17) is 0 Å². The van der Waals surface area contributed by atoms with Gasteiger partial charge >= 0.3 is 0 Å². The summed E-state index contributed by atoms with van der Waals surface area (Å²) in [5.41, 5.74) is 7.09. The molecule has 0 saturated heterocycles. The molecule has 89 valence electrons. The third kappa shape index (κ3) is 1.63. The number of para-hydroxylation sites is 1. The predicted molar refractivity (Wildman–Crippen MR) is 78.8 cm³/mol. The predicted octanol–water partition coefficient (Wildman–Crippen LogP) is 4.90. The summed E-state index contributed by atoms with van der Waals surface area (Å²) in [6.07, 6.45) is 0. The van der Waals surface area contributed by atoms with E-state index < -0.39 is 0 Å². The van der Waals surface area contributed by atoms with E-state index in [9.17, 15) is 0 Å². The van der Waals surface area contributed by atoms with Crippen molar-refractivity contribution in [2.75, 3.05) is 0 Å². The molecule has 1 aliphatic heterocycles. The molecule has 0 saturated carbocycles. The summed E-state index contributed by atoms with van der Waals surface area (Å²) in [7, 11) is 0. The Morgan fingerprint density at radius 1 is 0.526 bits per heavy atom. The van der Waals surface area contributed by atoms with E-state index in [2.05, 4.69) is 66.0 Å². The summed E-state index contributed by atoms with van der Waals surface area (Å²) in [5, 5.41) is 4.65. The molecular formula is C18H12N. The second kappa shape index (κ2) is 3.99. The molecule has 0 atom stereocenters. The maximum Gasteiger partial charge on any atom is 0.0716 e. The van der Waals surface area contributed by atoms with Crippen LogP contribution >= 0.6 is 0 Å². The van der Waals surface area contributed by atoms with Crippen LogP contribution in [0, 0.1) is 0 Å². The van der Waals surface area contributed by atoms with Gasteiger partial charge in [-0.25, -0.2) is 5.32 Å². The zero-order valence-electron chi connectivity index (χ0n) is 10.4. The Morgan fingerprint density at radius 2 is 1.26 bits per heavy atom. The van der Waals surface area contributed by atoms with E-state index in [1.807, 2.05) is 12.1 Å². The van der Waals surface area contributed by atoms with Gasteiger partial charge in [-0.05, 0) is 29.3 Å². The van der Waals surface area contributed by atoms with Gasteiger partial charge in [0.25, 0.3) is 0 Å². The Hall–Kier alpha value is -2.54. The van der Waals surface area contributed by atoms with Crippen molar-refractivity contribution in [3.63, 3.8) is 0 Å². The smallest absolute Gasteiger partial charge is 0.0716 e. The van der Waals surface area contributed by atoms with Crippen LogP contribution in [0.1, 0.15) is 0 Å². The van der Waals surface area contributed by atoms with E-state index in [1.165, 1.54) is 22.3 Å². The first-order valence-corrected chi connectivity index (χ1v) is 6.42. The van der Waals surface area contributed by atoms with Crippen molar-refractivity contribution < 1.29 is 0 Å². The second-order valence-corrected chi connectivity index (χ2v) is 4.73. The Kier molecular flexibility index (Phi) is 2.18. The van der Waals surface area contributed by atoms with Gasteiger partial charge in [0, 0.05) is 11.1 Å². The van der Waals surface area contributed by atoms with Crippen molar-refractivity contribution >= 4 is 11.4 Å². The minimum absolute atomic E-state index is 1.07. The molecule has 3 aromatic rings. The molecule has 19 heavy (non-hydrogen) atoms. The van der Waals surface area contributed by atoms with Gasteiger partial charge in [0.05, 0.1) is 11.4 Å². The molecule has 0 bridgehead atoms. The number of hydrogen-bond donors (Lipinski definition) is 0. The summed E-state index contributed by atoms with van der Waals surface area (Å²) >= 11 is 0. The van der Waals surface area contributed by atoms with E-state index in [-0.39, 0.29) is 0 Å². The highest BCUT2D eigenvalue weighted by Gasteiger charge is 2.19. The molecule has 1 aliphatic rings. The molecule has 3 aromatic carbocycles. The van der Waals surface area contributed by atoms with E-state index in [0.717, 1.165) is 11.4 Å². The van der Waals surface area contributed by atoms with Crippen molar-refractivity contribution in [1.29, 1.82) is 0 Å². The lowest BCUT2D eigenvalue weighted by Gasteiger charge is -2.04. The minimum Gasteiger partial charge on any atom is -0.248 e. The van der Waals surface area contributed by atoms with Gasteiger partial charge in [0.1, 0.15) is 0 Å². The lowest BCUT2D eigenvalue weighted by atomic mass is 9.99. The molecule has 1 heterocycles. The first-order chi connectivity index (χ1) is 9.42. The van der Waals surface area contributed by atoms with Crippen molar-refractivity contribution in [1.82, 2.24) is 5.32 Å². The number of rotatable bonds is 1. The molecule has 0 spiro atoms. The Bertz CT molecular complexity index is 745. The fourth-order valence-corrected chi connectivity index (χ4v) is 2.59. The Labute approximate surface area is 112 Å². The lowest BCUT2D eigenvalue weighted by molar-refractivity contribution is 1.24. The Balaban J connectivity index is 1.89. The quantitative estimate of drug-likeness (QED) is 0.450. The fraction of sp³-hybridized carbons (Fsp3) is 0. The van der Waals surface area contributed by atoms with Crippen LogP contribution in [0.4, 0.5) is 11.4 Å². The summed E-state index contributed by atoms with van der Waals surface area (Å²) < 4.78 is 0. The molecule has 0 aliphatic carbocycles.